The molecule has 3 nitrogen and oxygen atoms in total. The van der Waals surface area contributed by atoms with Crippen LogP contribution < -0.4 is 10.2 Å². The van der Waals surface area contributed by atoms with Crippen molar-refractivity contribution in [3.05, 3.63) is 29.8 Å². The third-order valence-corrected chi connectivity index (χ3v) is 4.63. The Bertz CT molecular complexity index is 480. The minimum absolute atomic E-state index is 0.282. The highest BCUT2D eigenvalue weighted by Gasteiger charge is 2.29. The van der Waals surface area contributed by atoms with Gasteiger partial charge in [0.25, 0.3) is 0 Å². The van der Waals surface area contributed by atoms with E-state index >= 15 is 0 Å². The maximum Gasteiger partial charge on any atom is 0.228 e. The molecule has 0 bridgehead atoms. The first-order valence-electron chi connectivity index (χ1n) is 7.89. The van der Waals surface area contributed by atoms with Gasteiger partial charge in [-0.1, -0.05) is 24.6 Å². The zero-order chi connectivity index (χ0) is 13.9. The Hall–Kier alpha value is -1.35. The molecule has 1 aromatic rings. The minimum atomic E-state index is 0.282. The van der Waals surface area contributed by atoms with Gasteiger partial charge in [-0.05, 0) is 50.8 Å². The molecule has 20 heavy (non-hydrogen) atoms. The van der Waals surface area contributed by atoms with Gasteiger partial charge in [0.05, 0.1) is 0 Å². The summed E-state index contributed by atoms with van der Waals surface area (Å²) in [7, 11) is 0. The van der Waals surface area contributed by atoms with E-state index in [9.17, 15) is 4.79 Å². The van der Waals surface area contributed by atoms with Crippen LogP contribution in [0, 0.1) is 0 Å². The van der Waals surface area contributed by atoms with E-state index in [1.54, 1.807) is 0 Å². The Balaban J connectivity index is 1.76. The number of fused-ring (bicyclic) bond motifs is 1. The third kappa shape index (κ3) is 2.73. The molecule has 108 valence electrons. The summed E-state index contributed by atoms with van der Waals surface area (Å²) in [6.07, 6.45) is 6.42. The Labute approximate surface area is 121 Å². The summed E-state index contributed by atoms with van der Waals surface area (Å²) >= 11 is 0. The lowest BCUT2D eigenvalue weighted by atomic mass is 9.95. The highest BCUT2D eigenvalue weighted by Crippen LogP contribution is 2.31. The Morgan fingerprint density at radius 3 is 2.95 bits per heavy atom. The lowest BCUT2D eigenvalue weighted by molar-refractivity contribution is -0.119. The molecule has 1 fully saturated rings. The zero-order valence-corrected chi connectivity index (χ0v) is 12.3. The number of aryl methyl sites for hydroxylation is 1. The van der Waals surface area contributed by atoms with Gasteiger partial charge in [-0.25, -0.2) is 0 Å². The van der Waals surface area contributed by atoms with Crippen molar-refractivity contribution in [2.45, 2.75) is 57.5 Å². The summed E-state index contributed by atoms with van der Waals surface area (Å²) < 4.78 is 0. The predicted octanol–water partition coefficient (Wildman–Crippen LogP) is 2.89. The monoisotopic (exact) mass is 272 g/mol. The summed E-state index contributed by atoms with van der Waals surface area (Å²) in [5, 5.41) is 3.48. The van der Waals surface area contributed by atoms with E-state index in [2.05, 4.69) is 30.4 Å². The number of hydrogen-bond donors (Lipinski definition) is 1. The van der Waals surface area contributed by atoms with E-state index in [1.165, 1.54) is 18.4 Å². The van der Waals surface area contributed by atoms with Crippen molar-refractivity contribution in [2.24, 2.45) is 0 Å². The van der Waals surface area contributed by atoms with Crippen LogP contribution in [0.5, 0.6) is 0 Å². The first kappa shape index (κ1) is 13.6. The van der Waals surface area contributed by atoms with E-state index < -0.39 is 0 Å². The lowest BCUT2D eigenvalue weighted by Gasteiger charge is -2.36. The lowest BCUT2D eigenvalue weighted by Crippen LogP contribution is -2.46. The zero-order valence-electron chi connectivity index (χ0n) is 12.3. The molecule has 0 aliphatic carbocycles. The minimum Gasteiger partial charge on any atom is -0.313 e. The van der Waals surface area contributed by atoms with Crippen molar-refractivity contribution in [1.82, 2.24) is 5.32 Å². The number of anilines is 1. The summed E-state index contributed by atoms with van der Waals surface area (Å²) in [6, 6.07) is 9.05. The van der Waals surface area contributed by atoms with Crippen LogP contribution in [0.15, 0.2) is 24.3 Å². The normalized spacial score (nSPS) is 26.1. The number of carbonyl (C=O) groups excluding carboxylic acids is 1. The molecule has 0 aromatic heterocycles. The summed E-state index contributed by atoms with van der Waals surface area (Å²) in [5.41, 5.74) is 2.45. The first-order valence-corrected chi connectivity index (χ1v) is 7.89. The molecule has 2 heterocycles. The van der Waals surface area contributed by atoms with E-state index in [4.69, 9.17) is 0 Å². The van der Waals surface area contributed by atoms with Crippen LogP contribution in [0.2, 0.25) is 0 Å². The van der Waals surface area contributed by atoms with Crippen molar-refractivity contribution >= 4 is 11.6 Å². The number of piperidine rings is 1. The molecule has 2 aliphatic rings. The number of nitrogens with one attached hydrogen (secondary N) is 1. The average Bonchev–Trinajstić information content (AvgIpc) is 2.48. The quantitative estimate of drug-likeness (QED) is 0.898. The molecule has 2 atom stereocenters. The molecular formula is C17H24N2O. The van der Waals surface area contributed by atoms with Gasteiger partial charge in [0.15, 0.2) is 0 Å². The van der Waals surface area contributed by atoms with Crippen LogP contribution >= 0.6 is 0 Å². The molecule has 2 aliphatic heterocycles. The maximum atomic E-state index is 12.7. The fourth-order valence-corrected chi connectivity index (χ4v) is 3.48. The number of amides is 1. The Kier molecular flexibility index (Phi) is 4.06. The van der Waals surface area contributed by atoms with Gasteiger partial charge < -0.3 is 10.2 Å². The highest BCUT2D eigenvalue weighted by molar-refractivity contribution is 5.95. The van der Waals surface area contributed by atoms with Crippen molar-refractivity contribution < 1.29 is 4.79 Å². The molecule has 1 aromatic carbocycles. The second kappa shape index (κ2) is 5.96. The molecular weight excluding hydrogens is 248 g/mol. The fraction of sp³-hybridized carbons (Fsp3) is 0.588. The van der Waals surface area contributed by atoms with Crippen LogP contribution in [-0.4, -0.2) is 24.5 Å². The van der Waals surface area contributed by atoms with Crippen molar-refractivity contribution in [2.75, 3.05) is 11.4 Å². The number of nitrogens with zero attached hydrogens (tertiary/aromatic N) is 1. The Morgan fingerprint density at radius 2 is 2.15 bits per heavy atom. The third-order valence-electron chi connectivity index (χ3n) is 4.63. The molecule has 1 amide bonds. The van der Waals surface area contributed by atoms with E-state index in [-0.39, 0.29) is 5.91 Å². The highest BCUT2D eigenvalue weighted by atomic mass is 16.2. The predicted molar refractivity (Wildman–Crippen MR) is 82.0 cm³/mol. The average molecular weight is 272 g/mol. The number of rotatable bonds is 2. The molecule has 0 radical (unpaired) electrons. The second-order valence-electron chi connectivity index (χ2n) is 6.13. The number of benzene rings is 1. The molecule has 3 rings (SSSR count). The largest absolute Gasteiger partial charge is 0.313 e. The van der Waals surface area contributed by atoms with Crippen molar-refractivity contribution in [3.8, 4) is 0 Å². The molecule has 3 heteroatoms. The smallest absolute Gasteiger partial charge is 0.228 e. The van der Waals surface area contributed by atoms with Gasteiger partial charge in [-0.3, -0.25) is 4.79 Å². The molecule has 2 unspecified atom stereocenters. The van der Waals surface area contributed by atoms with E-state index in [0.717, 1.165) is 31.5 Å². The molecule has 0 spiro atoms. The molecule has 1 N–H and O–H groups in total. The summed E-state index contributed by atoms with van der Waals surface area (Å²) in [4.78, 5) is 14.8. The number of para-hydroxylation sites is 1. The molecule has 0 saturated carbocycles. The van der Waals surface area contributed by atoms with Crippen LogP contribution in [-0.2, 0) is 11.2 Å². The van der Waals surface area contributed by atoms with Gasteiger partial charge in [-0.15, -0.1) is 0 Å². The Morgan fingerprint density at radius 1 is 1.30 bits per heavy atom. The summed E-state index contributed by atoms with van der Waals surface area (Å²) in [6.45, 7) is 3.23. The van der Waals surface area contributed by atoms with Crippen molar-refractivity contribution in [3.63, 3.8) is 0 Å². The van der Waals surface area contributed by atoms with Crippen LogP contribution in [0.3, 0.4) is 0 Å². The van der Waals surface area contributed by atoms with Crippen LogP contribution in [0.4, 0.5) is 5.69 Å². The van der Waals surface area contributed by atoms with Crippen LogP contribution in [0.25, 0.3) is 0 Å². The second-order valence-corrected chi connectivity index (χ2v) is 6.13. The number of hydrogen-bond acceptors (Lipinski definition) is 2. The van der Waals surface area contributed by atoms with Gasteiger partial charge in [-0.2, -0.15) is 0 Å². The number of carbonyl (C=O) groups is 1. The standard InChI is InChI=1S/C17H24N2O/c1-13-9-10-14-6-2-3-8-16(14)19(13)17(20)12-15-7-4-5-11-18-15/h2-3,6,8,13,15,18H,4-5,7,9-12H2,1H3. The van der Waals surface area contributed by atoms with Crippen molar-refractivity contribution in [1.29, 1.82) is 0 Å². The van der Waals surface area contributed by atoms with Gasteiger partial charge in [0.2, 0.25) is 5.91 Å². The topological polar surface area (TPSA) is 32.3 Å². The van der Waals surface area contributed by atoms with E-state index in [0.29, 0.717) is 18.5 Å². The van der Waals surface area contributed by atoms with E-state index in [1.807, 2.05) is 11.0 Å². The fourth-order valence-electron chi connectivity index (χ4n) is 3.48. The van der Waals surface area contributed by atoms with Gasteiger partial charge in [0.1, 0.15) is 0 Å². The van der Waals surface area contributed by atoms with Gasteiger partial charge >= 0.3 is 0 Å². The maximum absolute atomic E-state index is 12.7. The summed E-state index contributed by atoms with van der Waals surface area (Å²) in [5.74, 6) is 0.282. The van der Waals surface area contributed by atoms with Gasteiger partial charge in [0, 0.05) is 24.2 Å². The molecule has 1 saturated heterocycles. The van der Waals surface area contributed by atoms with Crippen LogP contribution in [0.1, 0.15) is 44.6 Å². The SMILES string of the molecule is CC1CCc2ccccc2N1C(=O)CC1CCCCN1. The first-order chi connectivity index (χ1) is 9.75.